The number of hydrogen-bond acceptors (Lipinski definition) is 3. The number of nitrogens with one attached hydrogen (secondary N) is 1. The van der Waals surface area contributed by atoms with E-state index in [1.54, 1.807) is 6.20 Å². The second-order valence-corrected chi connectivity index (χ2v) is 4.81. The molecule has 4 nitrogen and oxygen atoms in total. The summed E-state index contributed by atoms with van der Waals surface area (Å²) in [5.41, 5.74) is 3.24. The van der Waals surface area contributed by atoms with Crippen molar-refractivity contribution in [1.82, 2.24) is 20.1 Å². The van der Waals surface area contributed by atoms with Gasteiger partial charge in [0.15, 0.2) is 0 Å². The van der Waals surface area contributed by atoms with Crippen molar-refractivity contribution in [2.45, 2.75) is 13.0 Å². The highest BCUT2D eigenvalue weighted by atomic mass is 79.9. The lowest BCUT2D eigenvalue weighted by Crippen LogP contribution is -2.21. The second kappa shape index (κ2) is 4.98. The fourth-order valence-electron chi connectivity index (χ4n) is 1.86. The maximum absolute atomic E-state index is 4.33. The number of hydrogen-bond donors (Lipinski definition) is 1. The highest BCUT2D eigenvalue weighted by Gasteiger charge is 2.19. The van der Waals surface area contributed by atoms with Crippen molar-refractivity contribution in [2.24, 2.45) is 7.05 Å². The Bertz CT molecular complexity index is 484. The number of aryl methyl sites for hydroxylation is 2. The predicted molar refractivity (Wildman–Crippen MR) is 70.8 cm³/mol. The summed E-state index contributed by atoms with van der Waals surface area (Å²) in [5.74, 6) is 0. The lowest BCUT2D eigenvalue weighted by atomic mass is 10.1. The molecule has 90 valence electrons. The Morgan fingerprint density at radius 2 is 2.12 bits per heavy atom. The standard InChI is InChI=1S/C12H15BrN4/c1-8-4-5-9(6-15-8)11(14-2)12-10(13)7-16-17(12)3/h4-7,11,14H,1-3H3. The van der Waals surface area contributed by atoms with E-state index in [2.05, 4.69) is 37.4 Å². The summed E-state index contributed by atoms with van der Waals surface area (Å²) in [6.07, 6.45) is 3.71. The van der Waals surface area contributed by atoms with Gasteiger partial charge in [-0.25, -0.2) is 0 Å². The molecule has 2 heterocycles. The van der Waals surface area contributed by atoms with Crippen LogP contribution in [0.25, 0.3) is 0 Å². The van der Waals surface area contributed by atoms with Crippen LogP contribution in [0.5, 0.6) is 0 Å². The molecule has 0 bridgehead atoms. The van der Waals surface area contributed by atoms with Crippen LogP contribution in [0.1, 0.15) is 23.0 Å². The first-order chi connectivity index (χ1) is 8.13. The van der Waals surface area contributed by atoms with E-state index in [1.165, 1.54) is 0 Å². The van der Waals surface area contributed by atoms with Crippen molar-refractivity contribution in [1.29, 1.82) is 0 Å². The van der Waals surface area contributed by atoms with Gasteiger partial charge in [-0.05, 0) is 41.5 Å². The van der Waals surface area contributed by atoms with E-state index in [0.717, 1.165) is 21.4 Å². The van der Waals surface area contributed by atoms with Gasteiger partial charge in [-0.2, -0.15) is 5.10 Å². The van der Waals surface area contributed by atoms with Crippen LogP contribution in [-0.2, 0) is 7.05 Å². The van der Waals surface area contributed by atoms with Crippen LogP contribution in [0, 0.1) is 6.92 Å². The fourth-order valence-corrected chi connectivity index (χ4v) is 2.43. The van der Waals surface area contributed by atoms with Crippen LogP contribution in [-0.4, -0.2) is 21.8 Å². The van der Waals surface area contributed by atoms with Gasteiger partial charge in [0.1, 0.15) is 0 Å². The van der Waals surface area contributed by atoms with Crippen LogP contribution in [0.4, 0.5) is 0 Å². The lowest BCUT2D eigenvalue weighted by Gasteiger charge is -2.17. The average molecular weight is 295 g/mol. The Kier molecular flexibility index (Phi) is 3.59. The monoisotopic (exact) mass is 294 g/mol. The Morgan fingerprint density at radius 1 is 1.35 bits per heavy atom. The summed E-state index contributed by atoms with van der Waals surface area (Å²) in [7, 11) is 3.87. The molecule has 17 heavy (non-hydrogen) atoms. The van der Waals surface area contributed by atoms with Crippen LogP contribution >= 0.6 is 15.9 Å². The quantitative estimate of drug-likeness (QED) is 0.944. The normalized spacial score (nSPS) is 12.7. The van der Waals surface area contributed by atoms with E-state index >= 15 is 0 Å². The molecule has 0 aliphatic carbocycles. The fraction of sp³-hybridized carbons (Fsp3) is 0.333. The van der Waals surface area contributed by atoms with E-state index in [1.807, 2.05) is 38.0 Å². The van der Waals surface area contributed by atoms with Crippen LogP contribution < -0.4 is 5.32 Å². The highest BCUT2D eigenvalue weighted by molar-refractivity contribution is 9.10. The molecule has 1 unspecified atom stereocenters. The predicted octanol–water partition coefficient (Wildman–Crippen LogP) is 2.19. The Labute approximate surface area is 109 Å². The highest BCUT2D eigenvalue weighted by Crippen LogP contribution is 2.27. The molecule has 2 rings (SSSR count). The molecule has 0 fully saturated rings. The number of rotatable bonds is 3. The summed E-state index contributed by atoms with van der Waals surface area (Å²) in [4.78, 5) is 4.33. The minimum Gasteiger partial charge on any atom is -0.308 e. The third kappa shape index (κ3) is 2.40. The molecule has 2 aromatic heterocycles. The average Bonchev–Trinajstić information content (AvgIpc) is 2.64. The lowest BCUT2D eigenvalue weighted by molar-refractivity contribution is 0.602. The van der Waals surface area contributed by atoms with Gasteiger partial charge in [0.05, 0.1) is 22.4 Å². The molecule has 0 amide bonds. The molecule has 0 aliphatic heterocycles. The Balaban J connectivity index is 2.43. The Morgan fingerprint density at radius 3 is 2.59 bits per heavy atom. The molecule has 0 spiro atoms. The first kappa shape index (κ1) is 12.3. The number of halogens is 1. The minimum atomic E-state index is 0.0879. The molecule has 0 radical (unpaired) electrons. The number of aromatic nitrogens is 3. The second-order valence-electron chi connectivity index (χ2n) is 3.96. The van der Waals surface area contributed by atoms with E-state index in [0.29, 0.717) is 0 Å². The third-order valence-corrected chi connectivity index (χ3v) is 3.38. The molecule has 1 N–H and O–H groups in total. The molecule has 1 atom stereocenters. The SMILES string of the molecule is CNC(c1ccc(C)nc1)c1c(Br)cnn1C. The van der Waals surface area contributed by atoms with Crippen molar-refractivity contribution >= 4 is 15.9 Å². The molecular weight excluding hydrogens is 280 g/mol. The molecule has 0 saturated carbocycles. The largest absolute Gasteiger partial charge is 0.308 e. The van der Waals surface area contributed by atoms with E-state index in [9.17, 15) is 0 Å². The summed E-state index contributed by atoms with van der Waals surface area (Å²) in [6.45, 7) is 1.98. The topological polar surface area (TPSA) is 42.7 Å². The van der Waals surface area contributed by atoms with Gasteiger partial charge in [-0.3, -0.25) is 9.67 Å². The number of nitrogens with zero attached hydrogens (tertiary/aromatic N) is 3. The molecule has 2 aromatic rings. The van der Waals surface area contributed by atoms with Crippen LogP contribution in [0.2, 0.25) is 0 Å². The third-order valence-electron chi connectivity index (χ3n) is 2.77. The van der Waals surface area contributed by atoms with E-state index < -0.39 is 0 Å². The van der Waals surface area contributed by atoms with Gasteiger partial charge in [-0.15, -0.1) is 0 Å². The smallest absolute Gasteiger partial charge is 0.0772 e. The zero-order valence-electron chi connectivity index (χ0n) is 10.1. The van der Waals surface area contributed by atoms with Gasteiger partial charge in [-0.1, -0.05) is 6.07 Å². The zero-order chi connectivity index (χ0) is 12.4. The van der Waals surface area contributed by atoms with Crippen molar-refractivity contribution in [3.05, 3.63) is 46.0 Å². The molecule has 0 saturated heterocycles. The number of pyridine rings is 1. The van der Waals surface area contributed by atoms with Crippen molar-refractivity contribution in [3.63, 3.8) is 0 Å². The zero-order valence-corrected chi connectivity index (χ0v) is 11.7. The summed E-state index contributed by atoms with van der Waals surface area (Å²) < 4.78 is 2.87. The molecule has 0 aromatic carbocycles. The molecule has 0 aliphatic rings. The van der Waals surface area contributed by atoms with E-state index in [4.69, 9.17) is 0 Å². The van der Waals surface area contributed by atoms with Gasteiger partial charge in [0.25, 0.3) is 0 Å². The van der Waals surface area contributed by atoms with E-state index in [-0.39, 0.29) is 6.04 Å². The first-order valence-corrected chi connectivity index (χ1v) is 6.20. The first-order valence-electron chi connectivity index (χ1n) is 5.40. The summed E-state index contributed by atoms with van der Waals surface area (Å²) in [5, 5.41) is 7.53. The van der Waals surface area contributed by atoms with Crippen LogP contribution in [0.3, 0.4) is 0 Å². The van der Waals surface area contributed by atoms with Crippen molar-refractivity contribution in [2.75, 3.05) is 7.05 Å². The van der Waals surface area contributed by atoms with Crippen LogP contribution in [0.15, 0.2) is 29.0 Å². The van der Waals surface area contributed by atoms with Gasteiger partial charge >= 0.3 is 0 Å². The minimum absolute atomic E-state index is 0.0879. The maximum atomic E-state index is 4.33. The van der Waals surface area contributed by atoms with Gasteiger partial charge in [0.2, 0.25) is 0 Å². The molecular formula is C12H15BrN4. The summed E-state index contributed by atoms with van der Waals surface area (Å²) >= 11 is 3.53. The maximum Gasteiger partial charge on any atom is 0.0772 e. The van der Waals surface area contributed by atoms with Crippen molar-refractivity contribution in [3.8, 4) is 0 Å². The summed E-state index contributed by atoms with van der Waals surface area (Å²) in [6, 6.07) is 4.19. The van der Waals surface area contributed by atoms with Gasteiger partial charge < -0.3 is 5.32 Å². The van der Waals surface area contributed by atoms with Gasteiger partial charge in [0, 0.05) is 18.9 Å². The van der Waals surface area contributed by atoms with Crippen molar-refractivity contribution < 1.29 is 0 Å². The Hall–Kier alpha value is -1.20. The molecule has 5 heteroatoms.